The Hall–Kier alpha value is -11.2. The van der Waals surface area contributed by atoms with Crippen molar-refractivity contribution in [3.8, 4) is 80.1 Å². The van der Waals surface area contributed by atoms with Crippen LogP contribution in [0.2, 0.25) is 10.0 Å². The minimum Gasteiger partial charge on any atom is -0.508 e. The first kappa shape index (κ1) is 63.4. The highest BCUT2D eigenvalue weighted by Crippen LogP contribution is 2.48. The summed E-state index contributed by atoms with van der Waals surface area (Å²) < 4.78 is 24.1. The number of likely N-dealkylation sites (N-methyl/N-ethyl adjacent to an activating group) is 1. The number of rotatable bonds is 2. The fourth-order valence-electron chi connectivity index (χ4n) is 10.9. The summed E-state index contributed by atoms with van der Waals surface area (Å²) in [6.45, 7) is 4.73. The van der Waals surface area contributed by atoms with Gasteiger partial charge in [-0.2, -0.15) is 0 Å². The summed E-state index contributed by atoms with van der Waals surface area (Å²) in [4.78, 5) is 119. The Morgan fingerprint density at radius 2 is 1.12 bits per heavy atom. The third-order valence-corrected chi connectivity index (χ3v) is 15.9. The molecule has 0 aromatic heterocycles. The Kier molecular flexibility index (Phi) is 17.0. The summed E-state index contributed by atoms with van der Waals surface area (Å²) in [5.74, 6) is -14.2. The number of aliphatic hydroxyl groups is 1. The highest BCUT2D eigenvalue weighted by atomic mass is 35.5. The molecule has 8 amide bonds. The Labute approximate surface area is 536 Å². The van der Waals surface area contributed by atoms with Gasteiger partial charge in [-0.15, -0.1) is 0 Å². The summed E-state index contributed by atoms with van der Waals surface area (Å²) in [6, 6.07) is 8.32. The molecular formula is C64H56Cl2N8O19. The van der Waals surface area contributed by atoms with Gasteiger partial charge >= 0.3 is 6.09 Å². The van der Waals surface area contributed by atoms with Crippen LogP contribution < -0.4 is 56.7 Å². The largest absolute Gasteiger partial charge is 0.508 e. The lowest BCUT2D eigenvalue weighted by atomic mass is 9.89. The molecule has 6 aliphatic rings. The summed E-state index contributed by atoms with van der Waals surface area (Å²) in [7, 11) is 1.21. The molecule has 8 atom stereocenters. The van der Waals surface area contributed by atoms with Gasteiger partial charge < -0.3 is 97.2 Å². The SMILES string of the molecule is CNC(=O)[C@@H]1NC(=O)C2NC(=O)C(NC(=O)C3NC(=O)C4NC(=O)C(Cc5ccc(c(Cl)c5)Oc5cc3cc(c5O)Oc3ccc(cc3Cl)C2O)NC(=O)C(NC(=O)OC(C)(C)C)c2ccc(O)c(c2)Oc2cc(O)cc4c2)c2ccc(O)c(c2)-c2c(O)cc(O)cc21. The second-order valence-electron chi connectivity index (χ2n) is 23.0. The molecule has 13 rings (SSSR count). The van der Waals surface area contributed by atoms with Crippen molar-refractivity contribution in [2.45, 2.75) is 81.2 Å². The van der Waals surface area contributed by atoms with Crippen LogP contribution in [0.3, 0.4) is 0 Å². The van der Waals surface area contributed by atoms with Gasteiger partial charge in [0.2, 0.25) is 47.1 Å². The minimum atomic E-state index is -2.19. The van der Waals surface area contributed by atoms with Crippen molar-refractivity contribution in [1.29, 1.82) is 0 Å². The van der Waals surface area contributed by atoms with Crippen molar-refractivity contribution in [3.63, 3.8) is 0 Å². The lowest BCUT2D eigenvalue weighted by molar-refractivity contribution is -0.137. The van der Waals surface area contributed by atoms with E-state index in [-0.39, 0.29) is 83.1 Å². The summed E-state index contributed by atoms with van der Waals surface area (Å²) in [6.07, 6.45) is -3.59. The number of nitrogens with one attached hydrogen (secondary N) is 8. The third kappa shape index (κ3) is 13.1. The average molecular weight is 1310 g/mol. The molecule has 6 heterocycles. The van der Waals surface area contributed by atoms with Crippen molar-refractivity contribution >= 4 is 70.6 Å². The fraction of sp³-hybridized carbons (Fsp3) is 0.219. The van der Waals surface area contributed by atoms with Gasteiger partial charge in [0.15, 0.2) is 23.0 Å². The van der Waals surface area contributed by atoms with Gasteiger partial charge in [0.1, 0.15) is 94.2 Å². The van der Waals surface area contributed by atoms with E-state index >= 15 is 19.2 Å². The lowest BCUT2D eigenvalue weighted by Crippen LogP contribution is -2.56. The number of carbonyl (C=O) groups is 8. The molecule has 93 heavy (non-hydrogen) atoms. The predicted octanol–water partition coefficient (Wildman–Crippen LogP) is 6.21. The zero-order chi connectivity index (χ0) is 66.6. The van der Waals surface area contributed by atoms with Gasteiger partial charge in [-0.25, -0.2) is 4.79 Å². The van der Waals surface area contributed by atoms with E-state index in [1.165, 1.54) is 55.6 Å². The maximum atomic E-state index is 15.9. The van der Waals surface area contributed by atoms with Gasteiger partial charge in [0, 0.05) is 36.7 Å². The molecule has 7 unspecified atom stereocenters. The molecule has 480 valence electrons. The second kappa shape index (κ2) is 24.9. The second-order valence-corrected chi connectivity index (χ2v) is 23.8. The van der Waals surface area contributed by atoms with Crippen molar-refractivity contribution in [3.05, 3.63) is 164 Å². The van der Waals surface area contributed by atoms with Crippen LogP contribution in [0, 0.1) is 0 Å². The van der Waals surface area contributed by atoms with Crippen LogP contribution in [0.1, 0.15) is 96.0 Å². The van der Waals surface area contributed by atoms with E-state index in [2.05, 4.69) is 42.5 Å². The molecular weight excluding hydrogens is 1260 g/mol. The van der Waals surface area contributed by atoms with Gasteiger partial charge in [0.05, 0.1) is 10.0 Å². The smallest absolute Gasteiger partial charge is 0.408 e. The van der Waals surface area contributed by atoms with Crippen molar-refractivity contribution in [1.82, 2.24) is 42.5 Å². The number of phenolic OH excluding ortho intramolecular Hbond substituents is 6. The molecule has 6 aliphatic heterocycles. The molecule has 0 spiro atoms. The van der Waals surface area contributed by atoms with Gasteiger partial charge in [0.25, 0.3) is 0 Å². The fourth-order valence-corrected chi connectivity index (χ4v) is 11.4. The minimum absolute atomic E-state index is 0.00277. The van der Waals surface area contributed by atoms with Gasteiger partial charge in [-0.05, 0) is 139 Å². The van der Waals surface area contributed by atoms with E-state index < -0.39 is 154 Å². The van der Waals surface area contributed by atoms with Crippen LogP contribution in [0.5, 0.6) is 69.0 Å². The molecule has 0 aliphatic carbocycles. The molecule has 0 saturated heterocycles. The number of hydrogen-bond donors (Lipinski definition) is 15. The van der Waals surface area contributed by atoms with E-state index in [0.29, 0.717) is 0 Å². The highest BCUT2D eigenvalue weighted by Gasteiger charge is 2.42. The first-order valence-electron chi connectivity index (χ1n) is 28.4. The van der Waals surface area contributed by atoms with Gasteiger partial charge in [-0.1, -0.05) is 47.5 Å². The summed E-state index contributed by atoms with van der Waals surface area (Å²) in [5.41, 5.74) is -2.85. The van der Waals surface area contributed by atoms with E-state index in [9.17, 15) is 54.9 Å². The number of amides is 8. The number of fused-ring (bicyclic) bond motifs is 14. The van der Waals surface area contributed by atoms with E-state index in [1.54, 1.807) is 20.8 Å². The normalized spacial score (nSPS) is 21.2. The maximum absolute atomic E-state index is 15.9. The summed E-state index contributed by atoms with van der Waals surface area (Å²) in [5, 5.41) is 101. The van der Waals surface area contributed by atoms with E-state index in [0.717, 1.165) is 66.7 Å². The van der Waals surface area contributed by atoms with E-state index in [4.69, 9.17) is 42.1 Å². The number of hydrogen-bond acceptors (Lipinski definition) is 19. The Bertz CT molecular complexity index is 4310. The third-order valence-electron chi connectivity index (χ3n) is 15.3. The van der Waals surface area contributed by atoms with Crippen LogP contribution in [0.15, 0.2) is 115 Å². The van der Waals surface area contributed by atoms with Crippen molar-refractivity contribution in [2.24, 2.45) is 0 Å². The van der Waals surface area contributed by atoms with E-state index in [1.807, 2.05) is 0 Å². The average Bonchev–Trinajstić information content (AvgIpc) is 0.787. The van der Waals surface area contributed by atoms with Gasteiger partial charge in [-0.3, -0.25) is 33.6 Å². The molecule has 0 saturated carbocycles. The molecule has 29 heteroatoms. The molecule has 17 bridgehead atoms. The summed E-state index contributed by atoms with van der Waals surface area (Å²) >= 11 is 13.8. The molecule has 0 radical (unpaired) electrons. The number of benzene rings is 7. The van der Waals surface area contributed by atoms with Crippen LogP contribution in [0.25, 0.3) is 11.1 Å². The van der Waals surface area contributed by atoms with Crippen molar-refractivity contribution < 1.29 is 93.0 Å². The number of phenols is 6. The lowest BCUT2D eigenvalue weighted by Gasteiger charge is -2.31. The number of halogens is 2. The first-order chi connectivity index (χ1) is 44.1. The van der Waals surface area contributed by atoms with Crippen LogP contribution >= 0.6 is 23.2 Å². The predicted molar refractivity (Wildman–Crippen MR) is 327 cm³/mol. The number of aliphatic hydroxyl groups excluding tert-OH is 1. The van der Waals surface area contributed by atoms with Crippen LogP contribution in [0.4, 0.5) is 4.79 Å². The molecule has 0 fully saturated rings. The Balaban J connectivity index is 1.13. The molecule has 27 nitrogen and oxygen atoms in total. The molecule has 15 N–H and O–H groups in total. The Morgan fingerprint density at radius 3 is 1.77 bits per heavy atom. The highest BCUT2D eigenvalue weighted by molar-refractivity contribution is 6.32. The first-order valence-corrected chi connectivity index (χ1v) is 29.1. The molecule has 7 aromatic rings. The van der Waals surface area contributed by atoms with Crippen LogP contribution in [-0.4, -0.2) is 108 Å². The number of ether oxygens (including phenoxy) is 4. The zero-order valence-electron chi connectivity index (χ0n) is 49.1. The van der Waals surface area contributed by atoms with Crippen molar-refractivity contribution in [2.75, 3.05) is 7.05 Å². The number of aromatic hydroxyl groups is 6. The maximum Gasteiger partial charge on any atom is 0.408 e. The Morgan fingerprint density at radius 1 is 0.538 bits per heavy atom. The quantitative estimate of drug-likeness (QED) is 0.0914. The zero-order valence-corrected chi connectivity index (χ0v) is 50.6. The van der Waals surface area contributed by atoms with Crippen LogP contribution in [-0.2, 0) is 44.7 Å². The number of alkyl carbamates (subject to hydrolysis) is 1. The topological polar surface area (TPSA) is 411 Å². The monoisotopic (exact) mass is 1310 g/mol. The molecule has 7 aromatic carbocycles. The standard InChI is InChI=1S/C64H56Cl2N8O19/c1-64(2,3)93-63(89)74-49-27-7-10-40(78)44(19-27)90-33-16-29(15-31(75)22-33)50-60(86)71-51-30-20-45(91-42-11-5-25(13-36(42)65)14-38(56(82)69-50)68-58(49)84)55(81)46(21-30)92-43-12-8-28(18-37(43)66)54(80)53-62(88)72-52(57(83)67-4)35-23-32(76)24-41(79)47(35)34-17-26(6-9-39(34)77)48(59(85)73-53)70-61(51)87/h5-13,15-24,38,48-54,75-81H,14H2,1-4H3,(H,67,83)(H,68,84)(H,69,82)(H,70,87)(H,71,86)(H,72,88)(H,73,85)(H,74,89)/t38?,48?,49?,50?,51?,52-,53?,54?/m1/s1. The number of carbonyl (C=O) groups excluding carboxylic acids is 8.